The van der Waals surface area contributed by atoms with Gasteiger partial charge in [0.05, 0.1) is 6.07 Å². The summed E-state index contributed by atoms with van der Waals surface area (Å²) in [5.41, 5.74) is 0.589. The van der Waals surface area contributed by atoms with E-state index in [1.807, 2.05) is 0 Å². The Morgan fingerprint density at radius 1 is 1.50 bits per heavy atom. The fourth-order valence-corrected chi connectivity index (χ4v) is 1.80. The van der Waals surface area contributed by atoms with E-state index in [4.69, 9.17) is 5.26 Å². The van der Waals surface area contributed by atoms with Gasteiger partial charge in [-0.05, 0) is 37.6 Å². The lowest BCUT2D eigenvalue weighted by Crippen LogP contribution is -2.23. The molecule has 6 heteroatoms. The van der Waals surface area contributed by atoms with Gasteiger partial charge in [0.2, 0.25) is 10.0 Å². The summed E-state index contributed by atoms with van der Waals surface area (Å²) in [5, 5.41) is 7.36. The topological polar surface area (TPSA) is 70.0 Å². The van der Waals surface area contributed by atoms with Crippen LogP contribution in [0.4, 0.5) is 10.1 Å². The smallest absolute Gasteiger partial charge is 0.248 e. The van der Waals surface area contributed by atoms with E-state index in [9.17, 15) is 12.8 Å². The zero-order valence-electron chi connectivity index (χ0n) is 8.86. The molecule has 1 rings (SSSR count). The van der Waals surface area contributed by atoms with Gasteiger partial charge in [0, 0.05) is 5.69 Å². The van der Waals surface area contributed by atoms with Gasteiger partial charge in [-0.25, -0.2) is 12.8 Å². The lowest BCUT2D eigenvalue weighted by atomic mass is 10.2. The van der Waals surface area contributed by atoms with Crippen LogP contribution in [0.5, 0.6) is 0 Å². The molecule has 0 fully saturated rings. The van der Waals surface area contributed by atoms with Crippen molar-refractivity contribution in [2.45, 2.75) is 19.1 Å². The number of nitrogens with one attached hydrogen (secondary N) is 1. The Bertz CT molecular complexity index is 534. The lowest BCUT2D eigenvalue weighted by molar-refractivity contribution is 0.597. The number of benzene rings is 1. The quantitative estimate of drug-likeness (QED) is 0.878. The highest BCUT2D eigenvalue weighted by Crippen LogP contribution is 2.16. The molecule has 0 aliphatic carbocycles. The van der Waals surface area contributed by atoms with E-state index in [0.717, 1.165) is 0 Å². The van der Waals surface area contributed by atoms with E-state index in [1.165, 1.54) is 32.0 Å². The molecule has 4 nitrogen and oxygen atoms in total. The Morgan fingerprint density at radius 3 is 2.62 bits per heavy atom. The van der Waals surface area contributed by atoms with Crippen LogP contribution in [0.3, 0.4) is 0 Å². The molecule has 0 aliphatic rings. The number of rotatable bonds is 3. The van der Waals surface area contributed by atoms with Crippen molar-refractivity contribution in [2.75, 3.05) is 4.72 Å². The molecule has 86 valence electrons. The summed E-state index contributed by atoms with van der Waals surface area (Å²) in [7, 11) is -3.73. The average molecular weight is 242 g/mol. The van der Waals surface area contributed by atoms with Crippen LogP contribution in [0, 0.1) is 24.1 Å². The second-order valence-corrected chi connectivity index (χ2v) is 5.38. The summed E-state index contributed by atoms with van der Waals surface area (Å²) in [6.07, 6.45) is 0. The first-order valence-corrected chi connectivity index (χ1v) is 6.09. The van der Waals surface area contributed by atoms with Crippen LogP contribution in [-0.2, 0) is 10.0 Å². The Balaban J connectivity index is 2.98. The molecule has 0 aliphatic heterocycles. The first-order chi connectivity index (χ1) is 7.36. The van der Waals surface area contributed by atoms with Crippen molar-refractivity contribution >= 4 is 15.7 Å². The minimum Gasteiger partial charge on any atom is -0.282 e. The van der Waals surface area contributed by atoms with Gasteiger partial charge >= 0.3 is 0 Å². The van der Waals surface area contributed by atoms with Gasteiger partial charge in [0.25, 0.3) is 0 Å². The normalized spacial score (nSPS) is 12.9. The van der Waals surface area contributed by atoms with Crippen molar-refractivity contribution in [2.24, 2.45) is 0 Å². The maximum absolute atomic E-state index is 12.9. The molecule has 0 radical (unpaired) electrons. The van der Waals surface area contributed by atoms with Gasteiger partial charge < -0.3 is 0 Å². The van der Waals surface area contributed by atoms with Gasteiger partial charge in [0.1, 0.15) is 5.82 Å². The van der Waals surface area contributed by atoms with Gasteiger partial charge in [-0.15, -0.1) is 0 Å². The van der Waals surface area contributed by atoms with Crippen LogP contribution >= 0.6 is 0 Å². The van der Waals surface area contributed by atoms with Gasteiger partial charge in [-0.3, -0.25) is 4.72 Å². The van der Waals surface area contributed by atoms with Crippen LogP contribution in [0.25, 0.3) is 0 Å². The summed E-state index contributed by atoms with van der Waals surface area (Å²) < 4.78 is 38.1. The SMILES string of the molecule is Cc1cc(NS(=O)(=O)C(C)C#N)ccc1F. The van der Waals surface area contributed by atoms with Crippen molar-refractivity contribution < 1.29 is 12.8 Å². The first-order valence-electron chi connectivity index (χ1n) is 4.54. The van der Waals surface area contributed by atoms with E-state index in [1.54, 1.807) is 6.07 Å². The predicted molar refractivity (Wildman–Crippen MR) is 58.8 cm³/mol. The zero-order valence-corrected chi connectivity index (χ0v) is 9.68. The first kappa shape index (κ1) is 12.5. The molecule has 1 atom stereocenters. The Labute approximate surface area is 93.8 Å². The molecule has 0 aromatic heterocycles. The van der Waals surface area contributed by atoms with Crippen molar-refractivity contribution in [3.63, 3.8) is 0 Å². The maximum atomic E-state index is 12.9. The molecule has 1 aromatic carbocycles. The fourth-order valence-electron chi connectivity index (χ4n) is 1.03. The number of hydrogen-bond donors (Lipinski definition) is 1. The van der Waals surface area contributed by atoms with E-state index in [0.29, 0.717) is 5.56 Å². The van der Waals surface area contributed by atoms with E-state index in [2.05, 4.69) is 4.72 Å². The van der Waals surface area contributed by atoms with E-state index >= 15 is 0 Å². The third-order valence-corrected chi connectivity index (χ3v) is 3.62. The number of aryl methyl sites for hydroxylation is 1. The molecule has 1 aromatic rings. The predicted octanol–water partition coefficient (Wildman–Crippen LogP) is 1.79. The van der Waals surface area contributed by atoms with Crippen molar-refractivity contribution in [1.29, 1.82) is 5.26 Å². The van der Waals surface area contributed by atoms with E-state index < -0.39 is 21.1 Å². The van der Waals surface area contributed by atoms with Crippen LogP contribution in [0.2, 0.25) is 0 Å². The molecule has 0 spiro atoms. The van der Waals surface area contributed by atoms with Gasteiger partial charge in [-0.2, -0.15) is 5.26 Å². The van der Waals surface area contributed by atoms with Crippen LogP contribution < -0.4 is 4.72 Å². The second kappa shape index (κ2) is 4.49. The monoisotopic (exact) mass is 242 g/mol. The number of nitriles is 1. The number of hydrogen-bond acceptors (Lipinski definition) is 3. The second-order valence-electron chi connectivity index (χ2n) is 3.38. The molecular weight excluding hydrogens is 231 g/mol. The molecule has 1 N–H and O–H groups in total. The zero-order chi connectivity index (χ0) is 12.3. The summed E-state index contributed by atoms with van der Waals surface area (Å²) >= 11 is 0. The number of anilines is 1. The minimum atomic E-state index is -3.73. The molecule has 1 unspecified atom stereocenters. The standard InChI is InChI=1S/C10H11FN2O2S/c1-7-5-9(3-4-10(7)11)13-16(14,15)8(2)6-12/h3-5,8,13H,1-2H3. The number of nitrogens with zero attached hydrogens (tertiary/aromatic N) is 1. The summed E-state index contributed by atoms with van der Waals surface area (Å²) in [6, 6.07) is 5.48. The molecule has 0 heterocycles. The number of sulfonamides is 1. The Morgan fingerprint density at radius 2 is 2.12 bits per heavy atom. The lowest BCUT2D eigenvalue weighted by Gasteiger charge is -2.09. The highest BCUT2D eigenvalue weighted by atomic mass is 32.2. The molecule has 0 bridgehead atoms. The summed E-state index contributed by atoms with van der Waals surface area (Å²) in [4.78, 5) is 0. The third-order valence-electron chi connectivity index (χ3n) is 2.07. The molecule has 0 amide bonds. The Hall–Kier alpha value is -1.61. The van der Waals surface area contributed by atoms with Crippen LogP contribution in [0.1, 0.15) is 12.5 Å². The summed E-state index contributed by atoms with van der Waals surface area (Å²) in [5.74, 6) is -0.406. The largest absolute Gasteiger partial charge is 0.282 e. The van der Waals surface area contributed by atoms with Crippen molar-refractivity contribution in [3.05, 3.63) is 29.6 Å². The molecule has 16 heavy (non-hydrogen) atoms. The highest BCUT2D eigenvalue weighted by Gasteiger charge is 2.19. The average Bonchev–Trinajstić information content (AvgIpc) is 2.22. The van der Waals surface area contributed by atoms with Crippen LogP contribution in [0.15, 0.2) is 18.2 Å². The van der Waals surface area contributed by atoms with Gasteiger partial charge in [-0.1, -0.05) is 0 Å². The minimum absolute atomic E-state index is 0.251. The fraction of sp³-hybridized carbons (Fsp3) is 0.300. The van der Waals surface area contributed by atoms with Gasteiger partial charge in [0.15, 0.2) is 5.25 Å². The molecule has 0 saturated heterocycles. The maximum Gasteiger partial charge on any atom is 0.248 e. The molecule has 0 saturated carbocycles. The highest BCUT2D eigenvalue weighted by molar-refractivity contribution is 7.93. The number of halogens is 1. The van der Waals surface area contributed by atoms with E-state index in [-0.39, 0.29) is 5.69 Å². The van der Waals surface area contributed by atoms with Crippen molar-refractivity contribution in [1.82, 2.24) is 0 Å². The summed E-state index contributed by atoms with van der Waals surface area (Å²) in [6.45, 7) is 2.81. The molecular formula is C10H11FN2O2S. The Kier molecular flexibility index (Phi) is 3.50. The van der Waals surface area contributed by atoms with Crippen LogP contribution in [-0.4, -0.2) is 13.7 Å². The third kappa shape index (κ3) is 2.70. The van der Waals surface area contributed by atoms with Crippen molar-refractivity contribution in [3.8, 4) is 6.07 Å².